The van der Waals surface area contributed by atoms with Crippen molar-refractivity contribution in [2.45, 2.75) is 26.1 Å². The van der Waals surface area contributed by atoms with Gasteiger partial charge in [-0.05, 0) is 23.8 Å². The second-order valence-electron chi connectivity index (χ2n) is 5.77. The highest BCUT2D eigenvalue weighted by Crippen LogP contribution is 2.32. The Balaban J connectivity index is 1.80. The minimum Gasteiger partial charge on any atom is -0.497 e. The van der Waals surface area contributed by atoms with E-state index in [1.165, 1.54) is 6.07 Å². The van der Waals surface area contributed by atoms with E-state index in [2.05, 4.69) is 0 Å². The molecule has 6 nitrogen and oxygen atoms in total. The van der Waals surface area contributed by atoms with Crippen molar-refractivity contribution >= 4 is 17.5 Å². The van der Waals surface area contributed by atoms with Gasteiger partial charge in [0.05, 0.1) is 12.7 Å². The molecule has 0 aliphatic heterocycles. The maximum atomic E-state index is 12.6. The van der Waals surface area contributed by atoms with Crippen LogP contribution in [0.3, 0.4) is 0 Å². The smallest absolute Gasteiger partial charge is 0.306 e. The van der Waals surface area contributed by atoms with Crippen molar-refractivity contribution in [1.82, 2.24) is 0 Å². The zero-order valence-corrected chi connectivity index (χ0v) is 14.5. The normalized spacial score (nSPS) is 15.5. The number of ketones is 2. The van der Waals surface area contributed by atoms with Crippen molar-refractivity contribution in [3.05, 3.63) is 59.2 Å². The summed E-state index contributed by atoms with van der Waals surface area (Å²) in [6.45, 7) is 1.82. The molecular weight excluding hydrogens is 336 g/mol. The van der Waals surface area contributed by atoms with Gasteiger partial charge in [-0.1, -0.05) is 31.2 Å². The van der Waals surface area contributed by atoms with Crippen LogP contribution in [-0.2, 0) is 16.1 Å². The first-order valence-electron chi connectivity index (χ1n) is 8.21. The topological polar surface area (TPSA) is 78.9 Å². The number of ether oxygens (including phenoxy) is 3. The predicted molar refractivity (Wildman–Crippen MR) is 92.6 cm³/mol. The Morgan fingerprint density at radius 3 is 2.42 bits per heavy atom. The minimum atomic E-state index is -1.41. The molecule has 2 aromatic carbocycles. The van der Waals surface area contributed by atoms with Gasteiger partial charge in [0.25, 0.3) is 0 Å². The second kappa shape index (κ2) is 7.39. The van der Waals surface area contributed by atoms with Crippen LogP contribution in [-0.4, -0.2) is 30.7 Å². The van der Waals surface area contributed by atoms with Crippen LogP contribution in [0.2, 0.25) is 0 Å². The van der Waals surface area contributed by atoms with Crippen molar-refractivity contribution in [2.24, 2.45) is 0 Å². The van der Waals surface area contributed by atoms with Gasteiger partial charge >= 0.3 is 5.97 Å². The average Bonchev–Trinajstić information content (AvgIpc) is 2.92. The van der Waals surface area contributed by atoms with Crippen molar-refractivity contribution in [3.8, 4) is 11.5 Å². The summed E-state index contributed by atoms with van der Waals surface area (Å²) in [6.07, 6.45) is -1.32. The number of hydrogen-bond donors (Lipinski definition) is 0. The number of fused-ring (bicyclic) bond motifs is 1. The molecule has 0 heterocycles. The summed E-state index contributed by atoms with van der Waals surface area (Å²) < 4.78 is 15.9. The van der Waals surface area contributed by atoms with Crippen LogP contribution >= 0.6 is 0 Å². The molecule has 0 saturated carbocycles. The average molecular weight is 354 g/mol. The third-order valence-electron chi connectivity index (χ3n) is 4.11. The summed E-state index contributed by atoms with van der Waals surface area (Å²) >= 11 is 0. The van der Waals surface area contributed by atoms with E-state index in [1.807, 2.05) is 24.3 Å². The fourth-order valence-corrected chi connectivity index (χ4v) is 2.71. The second-order valence-corrected chi connectivity index (χ2v) is 5.77. The molecule has 0 N–H and O–H groups in total. The highest BCUT2D eigenvalue weighted by Gasteiger charge is 2.43. The van der Waals surface area contributed by atoms with E-state index in [-0.39, 0.29) is 24.2 Å². The van der Waals surface area contributed by atoms with Crippen molar-refractivity contribution < 1.29 is 28.6 Å². The molecule has 3 rings (SSSR count). The molecular formula is C20H18O6. The first-order valence-corrected chi connectivity index (χ1v) is 8.21. The van der Waals surface area contributed by atoms with E-state index in [9.17, 15) is 14.4 Å². The van der Waals surface area contributed by atoms with Crippen LogP contribution in [0.25, 0.3) is 0 Å². The number of Topliss-reactive ketones (excluding diaryl/α,β-unsaturated/α-hetero) is 2. The van der Waals surface area contributed by atoms with Crippen LogP contribution < -0.4 is 9.47 Å². The van der Waals surface area contributed by atoms with Crippen molar-refractivity contribution in [2.75, 3.05) is 7.11 Å². The Morgan fingerprint density at radius 2 is 1.77 bits per heavy atom. The Morgan fingerprint density at radius 1 is 1.04 bits per heavy atom. The summed E-state index contributed by atoms with van der Waals surface area (Å²) in [5.74, 6) is -0.619. The van der Waals surface area contributed by atoms with Gasteiger partial charge in [-0.25, -0.2) is 0 Å². The zero-order chi connectivity index (χ0) is 18.7. The molecule has 6 heteroatoms. The standard InChI is InChI=1S/C20H18O6/c1-3-16(21)26-20-18(22)14-5-4-6-15(17(14)19(20)23)25-11-12-7-9-13(24-2)10-8-12/h4-10,20H,3,11H2,1-2H3. The molecule has 0 saturated heterocycles. The maximum absolute atomic E-state index is 12.6. The molecule has 0 fully saturated rings. The summed E-state index contributed by atoms with van der Waals surface area (Å²) in [6, 6.07) is 12.1. The van der Waals surface area contributed by atoms with E-state index in [0.717, 1.165) is 11.3 Å². The highest BCUT2D eigenvalue weighted by molar-refractivity contribution is 6.30. The predicted octanol–water partition coefficient (Wildman–Crippen LogP) is 2.98. The van der Waals surface area contributed by atoms with Crippen molar-refractivity contribution in [1.29, 1.82) is 0 Å². The number of hydrogen-bond acceptors (Lipinski definition) is 6. The van der Waals surface area contributed by atoms with Crippen LogP contribution in [0.1, 0.15) is 39.6 Å². The number of esters is 1. The molecule has 0 spiro atoms. The molecule has 1 atom stereocenters. The Bertz CT molecular complexity index is 853. The fourth-order valence-electron chi connectivity index (χ4n) is 2.71. The SMILES string of the molecule is CCC(=O)OC1C(=O)c2cccc(OCc3ccc(OC)cc3)c2C1=O. The number of carbonyl (C=O) groups excluding carboxylic acids is 3. The molecule has 1 aliphatic rings. The Hall–Kier alpha value is -3.15. The third-order valence-corrected chi connectivity index (χ3v) is 4.11. The van der Waals surface area contributed by atoms with Gasteiger partial charge in [0, 0.05) is 12.0 Å². The molecule has 0 bridgehead atoms. The molecule has 2 aromatic rings. The van der Waals surface area contributed by atoms with Gasteiger partial charge in [0.1, 0.15) is 18.1 Å². The lowest BCUT2D eigenvalue weighted by Gasteiger charge is -2.10. The molecule has 0 amide bonds. The first-order chi connectivity index (χ1) is 12.5. The largest absolute Gasteiger partial charge is 0.497 e. The Labute approximate surface area is 150 Å². The number of carbonyl (C=O) groups is 3. The van der Waals surface area contributed by atoms with E-state index in [1.54, 1.807) is 26.2 Å². The minimum absolute atomic E-state index is 0.0915. The van der Waals surface area contributed by atoms with Crippen LogP contribution in [0, 0.1) is 0 Å². The van der Waals surface area contributed by atoms with Gasteiger partial charge in [0.2, 0.25) is 17.7 Å². The van der Waals surface area contributed by atoms with Gasteiger partial charge < -0.3 is 14.2 Å². The number of rotatable bonds is 6. The maximum Gasteiger partial charge on any atom is 0.306 e. The lowest BCUT2D eigenvalue weighted by molar-refractivity contribution is -0.144. The highest BCUT2D eigenvalue weighted by atomic mass is 16.6. The summed E-state index contributed by atoms with van der Waals surface area (Å²) in [7, 11) is 1.59. The first kappa shape index (κ1) is 17.7. The lowest BCUT2D eigenvalue weighted by atomic mass is 10.1. The molecule has 0 radical (unpaired) electrons. The Kier molecular flexibility index (Phi) is 5.02. The fraction of sp³-hybridized carbons (Fsp3) is 0.250. The molecule has 1 unspecified atom stereocenters. The van der Waals surface area contributed by atoms with Gasteiger partial charge in [-0.2, -0.15) is 0 Å². The summed E-state index contributed by atoms with van der Waals surface area (Å²) in [5.41, 5.74) is 1.27. The molecule has 0 aromatic heterocycles. The van der Waals surface area contributed by atoms with E-state index >= 15 is 0 Å². The van der Waals surface area contributed by atoms with Crippen LogP contribution in [0.5, 0.6) is 11.5 Å². The number of methoxy groups -OCH3 is 1. The summed E-state index contributed by atoms with van der Waals surface area (Å²) in [5, 5.41) is 0. The van der Waals surface area contributed by atoms with E-state index in [0.29, 0.717) is 5.75 Å². The zero-order valence-electron chi connectivity index (χ0n) is 14.5. The number of benzene rings is 2. The molecule has 1 aliphatic carbocycles. The van der Waals surface area contributed by atoms with E-state index < -0.39 is 23.6 Å². The monoisotopic (exact) mass is 354 g/mol. The quantitative estimate of drug-likeness (QED) is 0.586. The molecule has 26 heavy (non-hydrogen) atoms. The third kappa shape index (κ3) is 3.31. The van der Waals surface area contributed by atoms with Gasteiger partial charge in [-0.15, -0.1) is 0 Å². The van der Waals surface area contributed by atoms with Gasteiger partial charge in [-0.3, -0.25) is 14.4 Å². The van der Waals surface area contributed by atoms with Crippen LogP contribution in [0.15, 0.2) is 42.5 Å². The molecule has 134 valence electrons. The lowest BCUT2D eigenvalue weighted by Crippen LogP contribution is -2.28. The summed E-state index contributed by atoms with van der Waals surface area (Å²) in [4.78, 5) is 36.5. The van der Waals surface area contributed by atoms with E-state index in [4.69, 9.17) is 14.2 Å². The van der Waals surface area contributed by atoms with Gasteiger partial charge in [0.15, 0.2) is 0 Å². The van der Waals surface area contributed by atoms with Crippen molar-refractivity contribution in [3.63, 3.8) is 0 Å². The van der Waals surface area contributed by atoms with Crippen LogP contribution in [0.4, 0.5) is 0 Å².